The molecule has 4 rings (SSSR count). The minimum atomic E-state index is -4.54. The maximum atomic E-state index is 14.9. The lowest BCUT2D eigenvalue weighted by Crippen LogP contribution is -2.41. The second-order valence-electron chi connectivity index (χ2n) is 7.30. The highest BCUT2D eigenvalue weighted by Gasteiger charge is 2.39. The number of aromatic nitrogens is 3. The Kier molecular flexibility index (Phi) is 5.26. The van der Waals surface area contributed by atoms with Gasteiger partial charge in [0, 0.05) is 30.1 Å². The van der Waals surface area contributed by atoms with Gasteiger partial charge in [0.15, 0.2) is 0 Å². The lowest BCUT2D eigenvalue weighted by atomic mass is 9.81. The number of halogens is 4. The highest BCUT2D eigenvalue weighted by atomic mass is 19.4. The van der Waals surface area contributed by atoms with Crippen LogP contribution in [-0.2, 0) is 11.8 Å². The van der Waals surface area contributed by atoms with Crippen LogP contribution in [0.25, 0.3) is 11.0 Å². The van der Waals surface area contributed by atoms with Gasteiger partial charge in [-0.1, -0.05) is 12.1 Å². The number of pyridine rings is 2. The summed E-state index contributed by atoms with van der Waals surface area (Å²) in [6.45, 7) is -0.313. The quantitative estimate of drug-likeness (QED) is 0.476. The van der Waals surface area contributed by atoms with Crippen LogP contribution >= 0.6 is 0 Å². The highest BCUT2D eigenvalue weighted by Crippen LogP contribution is 2.31. The van der Waals surface area contributed by atoms with Crippen LogP contribution in [0.15, 0.2) is 47.7 Å². The van der Waals surface area contributed by atoms with Crippen LogP contribution in [0, 0.1) is 5.95 Å². The van der Waals surface area contributed by atoms with Gasteiger partial charge in [0.2, 0.25) is 5.95 Å². The molecule has 1 unspecified atom stereocenters. The molecule has 6 nitrogen and oxygen atoms in total. The number of nitrogens with one attached hydrogen (secondary N) is 1. The van der Waals surface area contributed by atoms with E-state index in [2.05, 4.69) is 19.9 Å². The van der Waals surface area contributed by atoms with Crippen LogP contribution in [0.1, 0.15) is 16.8 Å². The molecule has 0 bridgehead atoms. The van der Waals surface area contributed by atoms with Gasteiger partial charge in [-0.2, -0.15) is 17.6 Å². The molecule has 4 heterocycles. The normalized spacial score (nSPS) is 19.0. The third-order valence-corrected chi connectivity index (χ3v) is 5.39. The molecule has 0 fully saturated rings. The van der Waals surface area contributed by atoms with Gasteiger partial charge in [0.25, 0.3) is 0 Å². The van der Waals surface area contributed by atoms with Crippen molar-refractivity contribution in [2.75, 3.05) is 20.2 Å². The third-order valence-electron chi connectivity index (χ3n) is 5.39. The summed E-state index contributed by atoms with van der Waals surface area (Å²) in [7, 11) is 1.53. The van der Waals surface area contributed by atoms with Gasteiger partial charge in [0.05, 0.1) is 31.0 Å². The summed E-state index contributed by atoms with van der Waals surface area (Å²) in [4.78, 5) is 14.9. The van der Waals surface area contributed by atoms with E-state index in [-0.39, 0.29) is 25.2 Å². The Morgan fingerprint density at radius 2 is 2.06 bits per heavy atom. The molecular weight excluding hydrogens is 414 g/mol. The number of ether oxygens (including phenoxy) is 1. The molecule has 1 aliphatic heterocycles. The fraction of sp³-hybridized carbons (Fsp3) is 0.286. The van der Waals surface area contributed by atoms with Crippen molar-refractivity contribution in [2.45, 2.75) is 18.0 Å². The van der Waals surface area contributed by atoms with Gasteiger partial charge in [0.1, 0.15) is 17.1 Å². The van der Waals surface area contributed by atoms with Crippen LogP contribution < -0.4 is 10.5 Å². The Morgan fingerprint density at radius 1 is 1.26 bits per heavy atom. The number of aromatic amines is 1. The predicted octanol–water partition coefficient (Wildman–Crippen LogP) is 3.47. The van der Waals surface area contributed by atoms with Gasteiger partial charge < -0.3 is 15.5 Å². The van der Waals surface area contributed by atoms with Crippen molar-refractivity contribution in [1.29, 1.82) is 0 Å². The zero-order valence-electron chi connectivity index (χ0n) is 16.5. The lowest BCUT2D eigenvalue weighted by molar-refractivity contribution is -0.0581. The predicted molar refractivity (Wildman–Crippen MR) is 108 cm³/mol. The fourth-order valence-electron chi connectivity index (χ4n) is 3.53. The molecule has 0 saturated heterocycles. The first-order chi connectivity index (χ1) is 14.8. The summed E-state index contributed by atoms with van der Waals surface area (Å²) in [6, 6.07) is 4.95. The zero-order valence-corrected chi connectivity index (χ0v) is 16.5. The second-order valence-corrected chi connectivity index (χ2v) is 7.30. The fourth-order valence-corrected chi connectivity index (χ4v) is 3.53. The Labute approximate surface area is 174 Å². The molecule has 0 spiro atoms. The number of allylic oxidation sites excluding steroid dienone is 1. The molecule has 3 aromatic rings. The molecule has 1 aliphatic rings. The molecule has 1 atom stereocenters. The van der Waals surface area contributed by atoms with E-state index in [1.54, 1.807) is 30.6 Å². The number of methoxy groups -OCH3 is 1. The van der Waals surface area contributed by atoms with E-state index in [1.807, 2.05) is 0 Å². The van der Waals surface area contributed by atoms with E-state index < -0.39 is 23.3 Å². The average Bonchev–Trinajstić information content (AvgIpc) is 3.16. The Balaban J connectivity index is 1.62. The van der Waals surface area contributed by atoms with Gasteiger partial charge in [-0.3, -0.25) is 4.99 Å². The number of hydrogen-bond donors (Lipinski definition) is 2. The topological polar surface area (TPSA) is 89.2 Å². The first-order valence-corrected chi connectivity index (χ1v) is 9.42. The number of rotatable bonds is 5. The van der Waals surface area contributed by atoms with Crippen molar-refractivity contribution >= 4 is 16.7 Å². The van der Waals surface area contributed by atoms with Crippen molar-refractivity contribution in [1.82, 2.24) is 15.0 Å². The molecular formula is C21H19F4N5O. The first kappa shape index (κ1) is 21.0. The molecule has 10 heteroatoms. The van der Waals surface area contributed by atoms with E-state index >= 15 is 0 Å². The minimum absolute atomic E-state index is 0.0577. The van der Waals surface area contributed by atoms with E-state index in [4.69, 9.17) is 10.5 Å². The number of H-pyrrole nitrogens is 1. The van der Waals surface area contributed by atoms with Gasteiger partial charge >= 0.3 is 6.18 Å². The second kappa shape index (κ2) is 7.77. The van der Waals surface area contributed by atoms with Crippen molar-refractivity contribution in [2.24, 2.45) is 10.7 Å². The van der Waals surface area contributed by atoms with Crippen LogP contribution in [0.5, 0.6) is 5.75 Å². The Bertz CT molecular complexity index is 1180. The summed E-state index contributed by atoms with van der Waals surface area (Å²) in [5.74, 6) is -0.135. The first-order valence-electron chi connectivity index (χ1n) is 9.42. The maximum Gasteiger partial charge on any atom is 0.432 e. The monoisotopic (exact) mass is 433 g/mol. The molecule has 0 saturated carbocycles. The van der Waals surface area contributed by atoms with Crippen LogP contribution in [0.4, 0.5) is 17.6 Å². The summed E-state index contributed by atoms with van der Waals surface area (Å²) in [6.07, 6.45) is 1.20. The van der Waals surface area contributed by atoms with Crippen molar-refractivity contribution in [3.63, 3.8) is 0 Å². The van der Waals surface area contributed by atoms with Gasteiger partial charge in [-0.05, 0) is 23.8 Å². The smallest absolute Gasteiger partial charge is 0.432 e. The molecule has 3 aromatic heterocycles. The van der Waals surface area contributed by atoms with Gasteiger partial charge in [-0.15, -0.1) is 0 Å². The van der Waals surface area contributed by atoms with Gasteiger partial charge in [-0.25, -0.2) is 9.97 Å². The SMILES string of the molecule is COc1cnc2[nH]cc(Cc3ccc(C4(CN)C=CC(C(F)(F)F)=NC4)nc3F)c2c1. The standard InChI is InChI=1S/C21H19F4N5O/c1-31-14-7-15-13(8-27-19(15)28-9-14)6-12-2-3-16(30-18(12)22)20(10-26)5-4-17(29-11-20)21(23,24)25/h2-5,7-9H,6,10-11,26H2,1H3,(H,27,28). The third kappa shape index (κ3) is 3.90. The number of nitrogens with two attached hydrogens (primary N) is 1. The molecule has 0 aromatic carbocycles. The number of aliphatic imine (C=N–C) groups is 1. The molecule has 0 aliphatic carbocycles. The summed E-state index contributed by atoms with van der Waals surface area (Å²) in [5.41, 5.74) is 5.77. The Hall–Kier alpha value is -3.27. The summed E-state index contributed by atoms with van der Waals surface area (Å²) >= 11 is 0. The van der Waals surface area contributed by atoms with Crippen molar-refractivity contribution < 1.29 is 22.3 Å². The van der Waals surface area contributed by atoms with E-state index in [9.17, 15) is 17.6 Å². The van der Waals surface area contributed by atoms with E-state index in [0.717, 1.165) is 17.0 Å². The molecule has 3 N–H and O–H groups in total. The summed E-state index contributed by atoms with van der Waals surface area (Å²) < 4.78 is 58.6. The van der Waals surface area contributed by atoms with E-state index in [1.165, 1.54) is 13.2 Å². The average molecular weight is 433 g/mol. The molecule has 162 valence electrons. The highest BCUT2D eigenvalue weighted by molar-refractivity contribution is 6.00. The van der Waals surface area contributed by atoms with Crippen LogP contribution in [0.2, 0.25) is 0 Å². The van der Waals surface area contributed by atoms with E-state index in [0.29, 0.717) is 17.0 Å². The van der Waals surface area contributed by atoms with Crippen molar-refractivity contribution in [3.8, 4) is 5.75 Å². The molecule has 0 amide bonds. The largest absolute Gasteiger partial charge is 0.495 e. The number of fused-ring (bicyclic) bond motifs is 1. The van der Waals surface area contributed by atoms with Crippen LogP contribution in [-0.4, -0.2) is 47.0 Å². The molecule has 0 radical (unpaired) electrons. The molecule has 31 heavy (non-hydrogen) atoms. The lowest BCUT2D eigenvalue weighted by Gasteiger charge is -2.30. The number of hydrogen-bond acceptors (Lipinski definition) is 5. The van der Waals surface area contributed by atoms with Crippen LogP contribution in [0.3, 0.4) is 0 Å². The zero-order chi connectivity index (χ0) is 22.2. The Morgan fingerprint density at radius 3 is 2.68 bits per heavy atom. The summed E-state index contributed by atoms with van der Waals surface area (Å²) in [5, 5.41) is 0.797. The number of nitrogens with zero attached hydrogens (tertiary/aromatic N) is 3. The maximum absolute atomic E-state index is 14.9. The van der Waals surface area contributed by atoms with Crippen molar-refractivity contribution in [3.05, 3.63) is 65.5 Å². The number of alkyl halides is 3. The minimum Gasteiger partial charge on any atom is -0.495 e. The number of dihydropyridines is 1.